The van der Waals surface area contributed by atoms with Gasteiger partial charge in [-0.25, -0.2) is 0 Å². The Morgan fingerprint density at radius 1 is 1.03 bits per heavy atom. The monoisotopic (exact) mass is 441 g/mol. The Morgan fingerprint density at radius 3 is 2.56 bits per heavy atom. The third-order valence-electron chi connectivity index (χ3n) is 7.92. The molecule has 0 aliphatic carbocycles. The number of nitrogens with zero attached hydrogens (tertiary/aromatic N) is 3. The minimum Gasteiger partial charge on any atom is -0.491 e. The fraction of sp³-hybridized carbons (Fsp3) is 0.692. The van der Waals surface area contributed by atoms with Gasteiger partial charge >= 0.3 is 0 Å². The van der Waals surface area contributed by atoms with Crippen molar-refractivity contribution in [3.8, 4) is 5.75 Å². The van der Waals surface area contributed by atoms with Crippen molar-refractivity contribution in [2.75, 3.05) is 46.4 Å². The summed E-state index contributed by atoms with van der Waals surface area (Å²) in [5, 5.41) is 0. The Morgan fingerprint density at radius 2 is 1.81 bits per heavy atom. The molecule has 0 N–H and O–H groups in total. The lowest BCUT2D eigenvalue weighted by molar-refractivity contribution is -0.143. The molecule has 0 spiro atoms. The van der Waals surface area contributed by atoms with Gasteiger partial charge in [0.1, 0.15) is 12.4 Å². The smallest absolute Gasteiger partial charge is 0.228 e. The van der Waals surface area contributed by atoms with Gasteiger partial charge in [0.25, 0.3) is 0 Å². The van der Waals surface area contributed by atoms with Gasteiger partial charge in [0, 0.05) is 44.1 Å². The second kappa shape index (κ2) is 10.2. The number of para-hydroxylation sites is 1. The van der Waals surface area contributed by atoms with Crippen molar-refractivity contribution in [3.63, 3.8) is 0 Å². The number of hydrogen-bond acceptors (Lipinski definition) is 4. The molecule has 2 amide bonds. The summed E-state index contributed by atoms with van der Waals surface area (Å²) in [5.74, 6) is 1.99. The summed E-state index contributed by atoms with van der Waals surface area (Å²) in [6.07, 6.45) is 7.10. The second-order valence-corrected chi connectivity index (χ2v) is 10.1. The molecule has 3 aliphatic rings. The van der Waals surface area contributed by atoms with Crippen LogP contribution >= 0.6 is 0 Å². The number of benzene rings is 1. The molecule has 6 heteroatoms. The predicted octanol–water partition coefficient (Wildman–Crippen LogP) is 3.55. The molecule has 1 aromatic carbocycles. The summed E-state index contributed by atoms with van der Waals surface area (Å²) in [6, 6.07) is 8.27. The molecule has 176 valence electrons. The number of hydrogen-bond donors (Lipinski definition) is 0. The van der Waals surface area contributed by atoms with Crippen LogP contribution in [0, 0.1) is 11.3 Å². The Labute approximate surface area is 192 Å². The topological polar surface area (TPSA) is 53.1 Å². The van der Waals surface area contributed by atoms with Crippen LogP contribution in [0.4, 0.5) is 0 Å². The third kappa shape index (κ3) is 5.11. The van der Waals surface area contributed by atoms with E-state index in [1.165, 1.54) is 5.56 Å². The lowest BCUT2D eigenvalue weighted by atomic mass is 9.69. The first-order chi connectivity index (χ1) is 15.5. The maximum absolute atomic E-state index is 13.1. The van der Waals surface area contributed by atoms with Gasteiger partial charge in [-0.15, -0.1) is 0 Å². The average molecular weight is 442 g/mol. The van der Waals surface area contributed by atoms with E-state index in [2.05, 4.69) is 24.0 Å². The van der Waals surface area contributed by atoms with Crippen molar-refractivity contribution in [1.29, 1.82) is 0 Å². The minimum atomic E-state index is -0.203. The summed E-state index contributed by atoms with van der Waals surface area (Å²) >= 11 is 0. The van der Waals surface area contributed by atoms with Crippen LogP contribution in [-0.4, -0.2) is 72.9 Å². The van der Waals surface area contributed by atoms with Crippen LogP contribution in [0.3, 0.4) is 0 Å². The SMILES string of the molecule is CN1CCCC[C@](C)(C2CCN(Cc3ccccc3OCCN3CCCC3=O)CC2)C1=O. The molecule has 4 rings (SSSR count). The zero-order chi connectivity index (χ0) is 22.6. The van der Waals surface area contributed by atoms with Gasteiger partial charge in [-0.1, -0.05) is 31.5 Å². The Hall–Kier alpha value is -2.08. The Balaban J connectivity index is 1.30. The highest BCUT2D eigenvalue weighted by Gasteiger charge is 2.44. The number of carbonyl (C=O) groups is 2. The molecule has 3 aliphatic heterocycles. The van der Waals surface area contributed by atoms with Gasteiger partial charge in [0.2, 0.25) is 11.8 Å². The van der Waals surface area contributed by atoms with E-state index >= 15 is 0 Å². The van der Waals surface area contributed by atoms with Gasteiger partial charge in [0.05, 0.1) is 6.54 Å². The molecule has 3 heterocycles. The number of amides is 2. The highest BCUT2D eigenvalue weighted by molar-refractivity contribution is 5.82. The normalized spacial score (nSPS) is 25.9. The second-order valence-electron chi connectivity index (χ2n) is 10.1. The molecule has 3 fully saturated rings. The first kappa shape index (κ1) is 23.1. The third-order valence-corrected chi connectivity index (χ3v) is 7.92. The van der Waals surface area contributed by atoms with E-state index < -0.39 is 0 Å². The first-order valence-corrected chi connectivity index (χ1v) is 12.4. The number of piperidine rings is 1. The Bertz CT molecular complexity index is 805. The van der Waals surface area contributed by atoms with E-state index in [4.69, 9.17) is 4.74 Å². The molecule has 0 saturated carbocycles. The zero-order valence-electron chi connectivity index (χ0n) is 19.9. The largest absolute Gasteiger partial charge is 0.491 e. The quantitative estimate of drug-likeness (QED) is 0.649. The van der Waals surface area contributed by atoms with Crippen molar-refractivity contribution < 1.29 is 14.3 Å². The van der Waals surface area contributed by atoms with E-state index in [0.29, 0.717) is 31.4 Å². The highest BCUT2D eigenvalue weighted by Crippen LogP contribution is 2.42. The number of ether oxygens (including phenoxy) is 1. The van der Waals surface area contributed by atoms with E-state index in [1.807, 2.05) is 29.0 Å². The predicted molar refractivity (Wildman–Crippen MR) is 125 cm³/mol. The highest BCUT2D eigenvalue weighted by atomic mass is 16.5. The van der Waals surface area contributed by atoms with Crippen LogP contribution in [0.2, 0.25) is 0 Å². The van der Waals surface area contributed by atoms with Crippen LogP contribution in [0.25, 0.3) is 0 Å². The van der Waals surface area contributed by atoms with Gasteiger partial charge in [-0.05, 0) is 57.2 Å². The van der Waals surface area contributed by atoms with E-state index in [0.717, 1.165) is 77.0 Å². The number of carbonyl (C=O) groups excluding carboxylic acids is 2. The molecule has 3 saturated heterocycles. The van der Waals surface area contributed by atoms with E-state index in [-0.39, 0.29) is 11.3 Å². The van der Waals surface area contributed by atoms with Crippen LogP contribution in [-0.2, 0) is 16.1 Å². The van der Waals surface area contributed by atoms with Crippen molar-refractivity contribution >= 4 is 11.8 Å². The van der Waals surface area contributed by atoms with Gasteiger partial charge in [0.15, 0.2) is 0 Å². The molecule has 1 aromatic rings. The maximum atomic E-state index is 13.1. The number of likely N-dealkylation sites (tertiary alicyclic amines) is 3. The summed E-state index contributed by atoms with van der Waals surface area (Å²) in [6.45, 7) is 8.09. The Kier molecular flexibility index (Phi) is 7.39. The van der Waals surface area contributed by atoms with E-state index in [9.17, 15) is 9.59 Å². The molecule has 1 atom stereocenters. The molecular formula is C26H39N3O3. The van der Waals surface area contributed by atoms with E-state index in [1.54, 1.807) is 0 Å². The minimum absolute atomic E-state index is 0.203. The summed E-state index contributed by atoms with van der Waals surface area (Å²) in [4.78, 5) is 31.2. The summed E-state index contributed by atoms with van der Waals surface area (Å²) < 4.78 is 6.09. The number of rotatable bonds is 7. The van der Waals surface area contributed by atoms with Gasteiger partial charge < -0.3 is 14.5 Å². The van der Waals surface area contributed by atoms with Crippen molar-refractivity contribution in [2.24, 2.45) is 11.3 Å². The van der Waals surface area contributed by atoms with Crippen molar-refractivity contribution in [1.82, 2.24) is 14.7 Å². The standard InChI is InChI=1S/C26H39N3O3/c1-26(13-5-6-14-27(2)25(26)31)22-11-16-28(17-12-22)20-21-8-3-4-9-23(21)32-19-18-29-15-7-10-24(29)30/h3-4,8-9,22H,5-7,10-20H2,1-2H3/t26-/m1/s1. The van der Waals surface area contributed by atoms with Crippen LogP contribution in [0.15, 0.2) is 24.3 Å². The van der Waals surface area contributed by atoms with Gasteiger partial charge in [-0.3, -0.25) is 14.5 Å². The van der Waals surface area contributed by atoms with Crippen molar-refractivity contribution in [3.05, 3.63) is 29.8 Å². The fourth-order valence-corrected chi connectivity index (χ4v) is 5.82. The first-order valence-electron chi connectivity index (χ1n) is 12.4. The summed E-state index contributed by atoms with van der Waals surface area (Å²) in [5.41, 5.74) is 1.00. The lowest BCUT2D eigenvalue weighted by Gasteiger charge is -2.42. The molecule has 6 nitrogen and oxygen atoms in total. The van der Waals surface area contributed by atoms with Crippen LogP contribution < -0.4 is 4.74 Å². The lowest BCUT2D eigenvalue weighted by Crippen LogP contribution is -2.47. The summed E-state index contributed by atoms with van der Waals surface area (Å²) in [7, 11) is 1.97. The average Bonchev–Trinajstić information content (AvgIpc) is 3.16. The molecule has 0 aromatic heterocycles. The molecule has 0 bridgehead atoms. The maximum Gasteiger partial charge on any atom is 0.228 e. The zero-order valence-corrected chi connectivity index (χ0v) is 19.9. The molecule has 0 unspecified atom stereocenters. The fourth-order valence-electron chi connectivity index (χ4n) is 5.82. The molecular weight excluding hydrogens is 402 g/mol. The van der Waals surface area contributed by atoms with Crippen molar-refractivity contribution in [2.45, 2.75) is 58.4 Å². The van der Waals surface area contributed by atoms with Crippen LogP contribution in [0.5, 0.6) is 5.75 Å². The van der Waals surface area contributed by atoms with Gasteiger partial charge in [-0.2, -0.15) is 0 Å². The van der Waals surface area contributed by atoms with Crippen LogP contribution in [0.1, 0.15) is 57.4 Å². The molecule has 0 radical (unpaired) electrons. The molecule has 32 heavy (non-hydrogen) atoms.